The number of rotatable bonds is 4. The van der Waals surface area contributed by atoms with Gasteiger partial charge in [-0.15, -0.1) is 0 Å². The summed E-state index contributed by atoms with van der Waals surface area (Å²) in [5, 5.41) is 5.59. The first-order valence-electron chi connectivity index (χ1n) is 5.83. The van der Waals surface area contributed by atoms with Crippen molar-refractivity contribution in [2.24, 2.45) is 5.92 Å². The van der Waals surface area contributed by atoms with Gasteiger partial charge in [0.15, 0.2) is 0 Å². The third-order valence-electron chi connectivity index (χ3n) is 2.54. The second kappa shape index (κ2) is 6.91. The molecule has 0 aliphatic heterocycles. The number of hydrogen-bond donors (Lipinski definition) is 2. The molecule has 2 amide bonds. The van der Waals surface area contributed by atoms with E-state index >= 15 is 0 Å². The third-order valence-corrected chi connectivity index (χ3v) is 4.34. The molecule has 1 atom stereocenters. The monoisotopic (exact) mass is 346 g/mol. The number of anilines is 1. The molecule has 0 aliphatic rings. The number of carbonyl (C=O) groups is 2. The summed E-state index contributed by atoms with van der Waals surface area (Å²) < 4.78 is 0. The topological polar surface area (TPSA) is 58.2 Å². The number of hydrogen-bond acceptors (Lipinski definition) is 2. The first kappa shape index (κ1) is 16.0. The Morgan fingerprint density at radius 3 is 2.47 bits per heavy atom. The van der Waals surface area contributed by atoms with Crippen molar-refractivity contribution < 1.29 is 9.59 Å². The Labute approximate surface area is 126 Å². The van der Waals surface area contributed by atoms with Gasteiger partial charge in [-0.05, 0) is 24.1 Å². The maximum Gasteiger partial charge on any atom is 0.252 e. The van der Waals surface area contributed by atoms with E-state index in [9.17, 15) is 9.59 Å². The molecule has 1 aromatic carbocycles. The zero-order chi connectivity index (χ0) is 14.6. The van der Waals surface area contributed by atoms with Gasteiger partial charge >= 0.3 is 0 Å². The molecule has 0 aromatic heterocycles. The highest BCUT2D eigenvalue weighted by atomic mass is 79.9. The van der Waals surface area contributed by atoms with Crippen molar-refractivity contribution in [3.63, 3.8) is 0 Å². The van der Waals surface area contributed by atoms with Crippen molar-refractivity contribution in [2.75, 3.05) is 12.4 Å². The highest BCUT2D eigenvalue weighted by molar-refractivity contribution is 9.10. The molecule has 1 unspecified atom stereocenters. The van der Waals surface area contributed by atoms with Gasteiger partial charge in [-0.2, -0.15) is 0 Å². The van der Waals surface area contributed by atoms with E-state index in [1.807, 2.05) is 13.8 Å². The van der Waals surface area contributed by atoms with Crippen molar-refractivity contribution in [3.05, 3.63) is 28.8 Å². The molecular weight excluding hydrogens is 332 g/mol. The lowest BCUT2D eigenvalue weighted by Gasteiger charge is -2.14. The van der Waals surface area contributed by atoms with E-state index in [1.54, 1.807) is 18.2 Å². The van der Waals surface area contributed by atoms with E-state index in [0.29, 0.717) is 16.3 Å². The fraction of sp³-hybridized carbons (Fsp3) is 0.385. The summed E-state index contributed by atoms with van der Waals surface area (Å²) in [7, 11) is 1.52. The van der Waals surface area contributed by atoms with E-state index in [-0.39, 0.29) is 22.6 Å². The van der Waals surface area contributed by atoms with Crippen LogP contribution in [0.3, 0.4) is 0 Å². The predicted molar refractivity (Wildman–Crippen MR) is 81.0 cm³/mol. The van der Waals surface area contributed by atoms with Gasteiger partial charge in [0.25, 0.3) is 5.91 Å². The van der Waals surface area contributed by atoms with Crippen molar-refractivity contribution >= 4 is 45.0 Å². The summed E-state index contributed by atoms with van der Waals surface area (Å²) in [6, 6.07) is 4.80. The molecule has 0 heterocycles. The van der Waals surface area contributed by atoms with Crippen molar-refractivity contribution in [1.82, 2.24) is 5.32 Å². The Bertz CT molecular complexity index is 492. The molecule has 6 heteroatoms. The molecule has 0 radical (unpaired) electrons. The van der Waals surface area contributed by atoms with Crippen molar-refractivity contribution in [1.29, 1.82) is 0 Å². The molecule has 4 nitrogen and oxygen atoms in total. The van der Waals surface area contributed by atoms with Gasteiger partial charge in [-0.3, -0.25) is 9.59 Å². The maximum atomic E-state index is 11.9. The van der Waals surface area contributed by atoms with Gasteiger partial charge in [-0.25, -0.2) is 0 Å². The Kier molecular flexibility index (Phi) is 5.82. The van der Waals surface area contributed by atoms with Crippen molar-refractivity contribution in [3.8, 4) is 0 Å². The number of halogens is 2. The van der Waals surface area contributed by atoms with Crippen LogP contribution in [0.15, 0.2) is 18.2 Å². The Hall–Kier alpha value is -1.07. The summed E-state index contributed by atoms with van der Waals surface area (Å²) >= 11 is 9.26. The van der Waals surface area contributed by atoms with Crippen LogP contribution in [0.4, 0.5) is 5.69 Å². The van der Waals surface area contributed by atoms with E-state index in [2.05, 4.69) is 26.6 Å². The molecule has 0 saturated heterocycles. The van der Waals surface area contributed by atoms with Crippen LogP contribution in [0.2, 0.25) is 5.02 Å². The Morgan fingerprint density at radius 1 is 1.32 bits per heavy atom. The van der Waals surface area contributed by atoms with Gasteiger partial charge in [0, 0.05) is 12.7 Å². The molecule has 0 fully saturated rings. The first-order valence-corrected chi connectivity index (χ1v) is 7.12. The molecule has 19 heavy (non-hydrogen) atoms. The summed E-state index contributed by atoms with van der Waals surface area (Å²) in [5.74, 6) is -0.272. The minimum atomic E-state index is -0.291. The third kappa shape index (κ3) is 4.21. The second-order valence-electron chi connectivity index (χ2n) is 4.41. The fourth-order valence-corrected chi connectivity index (χ4v) is 1.74. The van der Waals surface area contributed by atoms with E-state index in [1.165, 1.54) is 7.05 Å². The smallest absolute Gasteiger partial charge is 0.252 e. The molecule has 0 saturated carbocycles. The highest BCUT2D eigenvalue weighted by Crippen LogP contribution is 2.22. The predicted octanol–water partition coefficient (Wildman–Crippen LogP) is 3.06. The van der Waals surface area contributed by atoms with Crippen LogP contribution < -0.4 is 10.6 Å². The van der Waals surface area contributed by atoms with Gasteiger partial charge < -0.3 is 10.6 Å². The number of alkyl halides is 1. The van der Waals surface area contributed by atoms with Crippen molar-refractivity contribution in [2.45, 2.75) is 18.7 Å². The van der Waals surface area contributed by atoms with E-state index in [0.717, 1.165) is 0 Å². The molecule has 2 N–H and O–H groups in total. The molecule has 0 spiro atoms. The number of benzene rings is 1. The molecule has 0 aliphatic carbocycles. The standard InChI is InChI=1S/C13H16BrClN2O2/c1-7(2)11(14)13(19)17-8-4-5-10(15)9(6-8)12(18)16-3/h4-7,11H,1-3H3,(H,16,18)(H,17,19). The lowest BCUT2D eigenvalue weighted by Crippen LogP contribution is -2.27. The highest BCUT2D eigenvalue weighted by Gasteiger charge is 2.19. The largest absolute Gasteiger partial charge is 0.355 e. The fourth-order valence-electron chi connectivity index (χ4n) is 1.43. The molecule has 0 bridgehead atoms. The van der Waals surface area contributed by atoms with Gasteiger partial charge in [0.2, 0.25) is 5.91 Å². The van der Waals surface area contributed by atoms with Crippen LogP contribution in [0.1, 0.15) is 24.2 Å². The van der Waals surface area contributed by atoms with E-state index < -0.39 is 0 Å². The minimum Gasteiger partial charge on any atom is -0.355 e. The lowest BCUT2D eigenvalue weighted by molar-refractivity contribution is -0.116. The Morgan fingerprint density at radius 2 is 1.95 bits per heavy atom. The van der Waals surface area contributed by atoms with Crippen LogP contribution >= 0.6 is 27.5 Å². The molecule has 104 valence electrons. The van der Waals surface area contributed by atoms with Crippen LogP contribution in [0.25, 0.3) is 0 Å². The van der Waals surface area contributed by atoms with Gasteiger partial charge in [0.1, 0.15) is 0 Å². The maximum absolute atomic E-state index is 11.9. The number of nitrogens with one attached hydrogen (secondary N) is 2. The zero-order valence-corrected chi connectivity index (χ0v) is 13.3. The van der Waals surface area contributed by atoms with Crippen LogP contribution in [0.5, 0.6) is 0 Å². The summed E-state index contributed by atoms with van der Waals surface area (Å²) in [4.78, 5) is 23.2. The summed E-state index contributed by atoms with van der Waals surface area (Å²) in [6.07, 6.45) is 0. The number of carbonyl (C=O) groups excluding carboxylic acids is 2. The lowest BCUT2D eigenvalue weighted by atomic mass is 10.1. The minimum absolute atomic E-state index is 0.153. The SMILES string of the molecule is CNC(=O)c1cc(NC(=O)C(Br)C(C)C)ccc1Cl. The van der Waals surface area contributed by atoms with Crippen LogP contribution in [0, 0.1) is 5.92 Å². The molecule has 1 aromatic rings. The second-order valence-corrected chi connectivity index (χ2v) is 5.80. The average molecular weight is 348 g/mol. The van der Waals surface area contributed by atoms with Crippen LogP contribution in [-0.2, 0) is 4.79 Å². The molecular formula is C13H16BrClN2O2. The summed E-state index contributed by atoms with van der Waals surface area (Å²) in [6.45, 7) is 3.88. The normalized spacial score (nSPS) is 12.1. The quantitative estimate of drug-likeness (QED) is 0.822. The molecule has 1 rings (SSSR count). The summed E-state index contributed by atoms with van der Waals surface area (Å²) in [5.41, 5.74) is 0.871. The Balaban J connectivity index is 2.91. The van der Waals surface area contributed by atoms with Gasteiger partial charge in [0.05, 0.1) is 15.4 Å². The van der Waals surface area contributed by atoms with E-state index in [4.69, 9.17) is 11.6 Å². The number of amides is 2. The van der Waals surface area contributed by atoms with Gasteiger partial charge in [-0.1, -0.05) is 41.4 Å². The average Bonchev–Trinajstić information content (AvgIpc) is 2.38. The zero-order valence-electron chi connectivity index (χ0n) is 11.0. The van der Waals surface area contributed by atoms with Crippen LogP contribution in [-0.4, -0.2) is 23.7 Å². The first-order chi connectivity index (χ1) is 8.86.